The van der Waals surface area contributed by atoms with Crippen molar-refractivity contribution >= 4 is 17.2 Å². The number of fused-ring (bicyclic) bond motifs is 1. The van der Waals surface area contributed by atoms with Gasteiger partial charge in [-0.25, -0.2) is 0 Å². The lowest BCUT2D eigenvalue weighted by atomic mass is 9.99. The predicted molar refractivity (Wildman–Crippen MR) is 91.7 cm³/mol. The van der Waals surface area contributed by atoms with Crippen LogP contribution in [0.5, 0.6) is 0 Å². The van der Waals surface area contributed by atoms with Gasteiger partial charge in [0.15, 0.2) is 0 Å². The number of carbonyl (C=O) groups is 1. The molecule has 4 heterocycles. The topological polar surface area (TPSA) is 62.5 Å². The van der Waals surface area contributed by atoms with Crippen LogP contribution in [0.3, 0.4) is 0 Å². The lowest BCUT2D eigenvalue weighted by Gasteiger charge is -2.44. The predicted octanol–water partition coefficient (Wildman–Crippen LogP) is 2.43. The molecule has 2 aromatic heterocycles. The number of piperazine rings is 1. The zero-order chi connectivity index (χ0) is 16.4. The number of hydrogen-bond acceptors (Lipinski definition) is 6. The van der Waals surface area contributed by atoms with Gasteiger partial charge in [0.25, 0.3) is 0 Å². The Balaban J connectivity index is 1.30. The maximum atomic E-state index is 12.5. The summed E-state index contributed by atoms with van der Waals surface area (Å²) in [6, 6.07) is 2.53. The van der Waals surface area contributed by atoms with E-state index in [1.165, 1.54) is 25.8 Å². The molecule has 0 aliphatic carbocycles. The van der Waals surface area contributed by atoms with Gasteiger partial charge in [-0.15, -0.1) is 0 Å². The highest BCUT2D eigenvalue weighted by Gasteiger charge is 2.30. The normalized spacial score (nSPS) is 21.7. The first-order valence-electron chi connectivity index (χ1n) is 8.66. The highest BCUT2D eigenvalue weighted by atomic mass is 32.1. The number of piperidine rings is 1. The smallest absolute Gasteiger partial charge is 0.227 e. The third-order valence-electron chi connectivity index (χ3n) is 4.99. The molecule has 1 amide bonds. The summed E-state index contributed by atoms with van der Waals surface area (Å²) in [7, 11) is 0. The van der Waals surface area contributed by atoms with E-state index in [9.17, 15) is 4.79 Å². The summed E-state index contributed by atoms with van der Waals surface area (Å²) < 4.78 is 5.28. The second kappa shape index (κ2) is 7.03. The van der Waals surface area contributed by atoms with E-state index in [0.29, 0.717) is 30.6 Å². The maximum Gasteiger partial charge on any atom is 0.227 e. The molecule has 2 saturated heterocycles. The number of rotatable bonds is 4. The van der Waals surface area contributed by atoms with Gasteiger partial charge >= 0.3 is 0 Å². The van der Waals surface area contributed by atoms with Crippen molar-refractivity contribution in [3.63, 3.8) is 0 Å². The van der Waals surface area contributed by atoms with Crippen molar-refractivity contribution in [2.75, 3.05) is 26.2 Å². The Kier molecular flexibility index (Phi) is 4.62. The number of aryl methyl sites for hydroxylation is 1. The summed E-state index contributed by atoms with van der Waals surface area (Å²) in [6.45, 7) is 3.93. The van der Waals surface area contributed by atoms with Crippen LogP contribution < -0.4 is 0 Å². The van der Waals surface area contributed by atoms with Crippen molar-refractivity contribution in [1.82, 2.24) is 19.9 Å². The first-order chi connectivity index (χ1) is 11.8. The molecular formula is C17H22N4O2S. The molecule has 4 rings (SSSR count). The average Bonchev–Trinajstić information content (AvgIpc) is 3.30. The van der Waals surface area contributed by atoms with E-state index in [0.717, 1.165) is 25.2 Å². The van der Waals surface area contributed by atoms with E-state index in [1.54, 1.807) is 11.3 Å². The fraction of sp³-hybridized carbons (Fsp3) is 0.588. The zero-order valence-corrected chi connectivity index (χ0v) is 14.5. The molecule has 0 bridgehead atoms. The van der Waals surface area contributed by atoms with Gasteiger partial charge in [0.1, 0.15) is 0 Å². The summed E-state index contributed by atoms with van der Waals surface area (Å²) in [4.78, 5) is 21.4. The Morgan fingerprint density at radius 2 is 2.29 bits per heavy atom. The minimum Gasteiger partial charge on any atom is -0.340 e. The maximum absolute atomic E-state index is 12.5. The molecule has 0 aromatic carbocycles. The molecule has 1 atom stereocenters. The van der Waals surface area contributed by atoms with Crippen LogP contribution in [-0.2, 0) is 11.2 Å². The molecule has 2 aliphatic heterocycles. The standard InChI is InChI=1S/C17H22N4O2S/c22-16(21-9-8-20-7-2-1-3-14(20)11-21)5-4-15-18-17(19-23-15)13-6-10-24-12-13/h6,10,12,14H,1-5,7-9,11H2. The first kappa shape index (κ1) is 15.8. The minimum absolute atomic E-state index is 0.204. The number of aromatic nitrogens is 2. The number of carbonyl (C=O) groups excluding carboxylic acids is 1. The van der Waals surface area contributed by atoms with Gasteiger partial charge in [-0.1, -0.05) is 11.6 Å². The van der Waals surface area contributed by atoms with Gasteiger partial charge in [0.05, 0.1) is 0 Å². The van der Waals surface area contributed by atoms with E-state index in [2.05, 4.69) is 15.0 Å². The molecule has 2 fully saturated rings. The lowest BCUT2D eigenvalue weighted by molar-refractivity contribution is -0.134. The van der Waals surface area contributed by atoms with Crippen LogP contribution in [-0.4, -0.2) is 58.1 Å². The number of hydrogen-bond donors (Lipinski definition) is 0. The Bertz CT molecular complexity index is 685. The van der Waals surface area contributed by atoms with Crippen molar-refractivity contribution in [2.24, 2.45) is 0 Å². The molecule has 0 N–H and O–H groups in total. The fourth-order valence-electron chi connectivity index (χ4n) is 3.62. The SMILES string of the molecule is O=C(CCc1nc(-c2ccsc2)no1)N1CCN2CCCCC2C1. The second-order valence-corrected chi connectivity index (χ2v) is 7.33. The molecule has 0 saturated carbocycles. The molecule has 6 nitrogen and oxygen atoms in total. The Hall–Kier alpha value is -1.73. The van der Waals surface area contributed by atoms with Crippen LogP contribution in [0.1, 0.15) is 31.6 Å². The van der Waals surface area contributed by atoms with Crippen LogP contribution in [0, 0.1) is 0 Å². The zero-order valence-electron chi connectivity index (χ0n) is 13.7. The first-order valence-corrected chi connectivity index (χ1v) is 9.61. The van der Waals surface area contributed by atoms with Crippen LogP contribution in [0.2, 0.25) is 0 Å². The third-order valence-corrected chi connectivity index (χ3v) is 5.67. The molecule has 7 heteroatoms. The number of amides is 1. The van der Waals surface area contributed by atoms with Crippen molar-refractivity contribution < 1.29 is 9.32 Å². The molecular weight excluding hydrogens is 324 g/mol. The average molecular weight is 346 g/mol. The van der Waals surface area contributed by atoms with Crippen LogP contribution in [0.25, 0.3) is 11.4 Å². The Morgan fingerprint density at radius 3 is 3.17 bits per heavy atom. The van der Waals surface area contributed by atoms with Crippen molar-refractivity contribution in [2.45, 2.75) is 38.1 Å². The van der Waals surface area contributed by atoms with E-state index < -0.39 is 0 Å². The largest absolute Gasteiger partial charge is 0.340 e. The lowest BCUT2D eigenvalue weighted by Crippen LogP contribution is -2.56. The molecule has 2 aliphatic rings. The van der Waals surface area contributed by atoms with Crippen molar-refractivity contribution in [3.05, 3.63) is 22.7 Å². The van der Waals surface area contributed by atoms with Crippen molar-refractivity contribution in [1.29, 1.82) is 0 Å². The highest BCUT2D eigenvalue weighted by molar-refractivity contribution is 7.08. The third kappa shape index (κ3) is 3.37. The Morgan fingerprint density at radius 1 is 1.33 bits per heavy atom. The van der Waals surface area contributed by atoms with Gasteiger partial charge in [-0.05, 0) is 30.8 Å². The second-order valence-electron chi connectivity index (χ2n) is 6.55. The summed E-state index contributed by atoms with van der Waals surface area (Å²) in [5.41, 5.74) is 0.967. The van der Waals surface area contributed by atoms with Gasteiger partial charge in [0.2, 0.25) is 17.6 Å². The van der Waals surface area contributed by atoms with E-state index in [4.69, 9.17) is 4.52 Å². The van der Waals surface area contributed by atoms with Gasteiger partial charge in [0, 0.05) is 49.5 Å². The number of thiophene rings is 1. The van der Waals surface area contributed by atoms with E-state index in [1.807, 2.05) is 21.7 Å². The molecule has 128 valence electrons. The summed E-state index contributed by atoms with van der Waals surface area (Å²) in [5, 5.41) is 7.97. The fourth-order valence-corrected chi connectivity index (χ4v) is 4.25. The Labute approximate surface area is 145 Å². The highest BCUT2D eigenvalue weighted by Crippen LogP contribution is 2.22. The molecule has 2 aromatic rings. The quantitative estimate of drug-likeness (QED) is 0.851. The van der Waals surface area contributed by atoms with Crippen molar-refractivity contribution in [3.8, 4) is 11.4 Å². The summed E-state index contributed by atoms with van der Waals surface area (Å²) >= 11 is 1.60. The van der Waals surface area contributed by atoms with Crippen LogP contribution >= 0.6 is 11.3 Å². The molecule has 0 spiro atoms. The molecule has 1 unspecified atom stereocenters. The van der Waals surface area contributed by atoms with Gasteiger partial charge in [-0.2, -0.15) is 16.3 Å². The van der Waals surface area contributed by atoms with Gasteiger partial charge in [-0.3, -0.25) is 9.69 Å². The summed E-state index contributed by atoms with van der Waals surface area (Å²) in [5.74, 6) is 1.35. The molecule has 24 heavy (non-hydrogen) atoms. The minimum atomic E-state index is 0.204. The number of nitrogens with zero attached hydrogens (tertiary/aromatic N) is 4. The molecule has 0 radical (unpaired) electrons. The monoisotopic (exact) mass is 346 g/mol. The van der Waals surface area contributed by atoms with Crippen LogP contribution in [0.4, 0.5) is 0 Å². The summed E-state index contributed by atoms with van der Waals surface area (Å²) in [6.07, 6.45) is 4.76. The van der Waals surface area contributed by atoms with Gasteiger partial charge < -0.3 is 9.42 Å². The van der Waals surface area contributed by atoms with E-state index >= 15 is 0 Å². The van der Waals surface area contributed by atoms with Crippen LogP contribution in [0.15, 0.2) is 21.3 Å². The van der Waals surface area contributed by atoms with E-state index in [-0.39, 0.29) is 5.91 Å².